The maximum Gasteiger partial charge on any atom is 0.430 e. The van der Waals surface area contributed by atoms with Gasteiger partial charge in [-0.1, -0.05) is 41.8 Å². The molecule has 0 aromatic heterocycles. The van der Waals surface area contributed by atoms with E-state index in [2.05, 4.69) is 5.92 Å². The number of hydrogen-bond acceptors (Lipinski definition) is 4. The number of para-hydroxylation sites is 1. The number of amides is 1. The predicted octanol–water partition coefficient (Wildman–Crippen LogP) is 3.01. The number of nitrogens with zero attached hydrogens (tertiary/aromatic N) is 1. The summed E-state index contributed by atoms with van der Waals surface area (Å²) >= 11 is 0. The fourth-order valence-electron chi connectivity index (χ4n) is 2.37. The fourth-order valence-corrected chi connectivity index (χ4v) is 3.73. The Morgan fingerprint density at radius 2 is 1.78 bits per heavy atom. The highest BCUT2D eigenvalue weighted by molar-refractivity contribution is 7.93. The smallest absolute Gasteiger partial charge is 0.427 e. The number of hydrogen-bond donors (Lipinski definition) is 0. The number of carbonyl (C=O) groups excluding carboxylic acids is 1. The lowest BCUT2D eigenvalue weighted by Gasteiger charge is -2.31. The van der Waals surface area contributed by atoms with Gasteiger partial charge in [-0.25, -0.2) is 13.2 Å². The molecule has 1 atom stereocenters. The molecule has 1 aliphatic heterocycles. The molecule has 0 aliphatic carbocycles. The minimum absolute atomic E-state index is 0.00834. The molecule has 0 bridgehead atoms. The largest absolute Gasteiger partial charge is 0.430 e. The van der Waals surface area contributed by atoms with Crippen molar-refractivity contribution in [2.24, 2.45) is 0 Å². The zero-order valence-corrected chi connectivity index (χ0v) is 13.1. The summed E-state index contributed by atoms with van der Waals surface area (Å²) in [6.07, 6.45) is 3.46. The van der Waals surface area contributed by atoms with Crippen molar-refractivity contribution in [3.8, 4) is 12.3 Å². The second kappa shape index (κ2) is 5.45. The number of ether oxygens (including phenoxy) is 1. The maximum absolute atomic E-state index is 12.8. The van der Waals surface area contributed by atoms with Gasteiger partial charge >= 0.3 is 6.09 Å². The monoisotopic (exact) mass is 327 g/mol. The third-order valence-corrected chi connectivity index (χ3v) is 5.23. The van der Waals surface area contributed by atoms with E-state index in [0.717, 1.165) is 5.56 Å². The van der Waals surface area contributed by atoms with Crippen LogP contribution in [0.3, 0.4) is 0 Å². The second-order valence-corrected chi connectivity index (χ2v) is 6.86. The fraction of sp³-hybridized carbons (Fsp3) is 0.118. The molecule has 0 radical (unpaired) electrons. The molecule has 0 fully saturated rings. The highest BCUT2D eigenvalue weighted by atomic mass is 32.2. The first-order chi connectivity index (χ1) is 10.9. The topological polar surface area (TPSA) is 63.7 Å². The van der Waals surface area contributed by atoms with Gasteiger partial charge in [0, 0.05) is 5.56 Å². The van der Waals surface area contributed by atoms with Gasteiger partial charge in [0.25, 0.3) is 10.0 Å². The van der Waals surface area contributed by atoms with Gasteiger partial charge < -0.3 is 4.74 Å². The highest BCUT2D eigenvalue weighted by Crippen LogP contribution is 2.37. The molecule has 6 heteroatoms. The number of terminal acetylenes is 1. The Bertz CT molecular complexity index is 910. The third kappa shape index (κ3) is 2.45. The number of cyclic esters (lactones) is 1. The quantitative estimate of drug-likeness (QED) is 0.796. The van der Waals surface area contributed by atoms with E-state index in [4.69, 9.17) is 11.2 Å². The third-order valence-electron chi connectivity index (χ3n) is 3.53. The van der Waals surface area contributed by atoms with Crippen LogP contribution < -0.4 is 4.31 Å². The van der Waals surface area contributed by atoms with E-state index in [-0.39, 0.29) is 10.6 Å². The van der Waals surface area contributed by atoms with Crippen LogP contribution in [0.25, 0.3) is 0 Å². The molecule has 0 saturated carbocycles. The van der Waals surface area contributed by atoms with Crippen molar-refractivity contribution in [2.45, 2.75) is 17.9 Å². The van der Waals surface area contributed by atoms with Crippen molar-refractivity contribution in [3.63, 3.8) is 0 Å². The minimum Gasteiger partial charge on any atom is -0.427 e. The molecule has 1 amide bonds. The molecule has 1 unspecified atom stereocenters. The van der Waals surface area contributed by atoms with E-state index in [0.29, 0.717) is 9.87 Å². The van der Waals surface area contributed by atoms with Crippen molar-refractivity contribution in [1.29, 1.82) is 0 Å². The SMILES string of the molecule is C#CC1OC(=O)N(S(=O)(=O)c2ccc(C)cc2)c2ccccc21. The summed E-state index contributed by atoms with van der Waals surface area (Å²) in [7, 11) is -4.08. The molecular formula is C17H13NO4S. The number of aryl methyl sites for hydroxylation is 1. The Labute approximate surface area is 134 Å². The van der Waals surface area contributed by atoms with E-state index in [1.807, 2.05) is 6.92 Å². The van der Waals surface area contributed by atoms with Gasteiger partial charge in [0.15, 0.2) is 6.10 Å². The van der Waals surface area contributed by atoms with Gasteiger partial charge in [-0.15, -0.1) is 6.42 Å². The summed E-state index contributed by atoms with van der Waals surface area (Å²) in [4.78, 5) is 12.3. The van der Waals surface area contributed by atoms with Gasteiger partial charge in [-0.3, -0.25) is 0 Å². The normalized spacial score (nSPS) is 17.1. The van der Waals surface area contributed by atoms with E-state index in [1.165, 1.54) is 18.2 Å². The van der Waals surface area contributed by atoms with Crippen LogP contribution in [0.1, 0.15) is 17.2 Å². The lowest BCUT2D eigenvalue weighted by molar-refractivity contribution is 0.130. The van der Waals surface area contributed by atoms with Crippen LogP contribution in [0, 0.1) is 19.3 Å². The van der Waals surface area contributed by atoms with Crippen LogP contribution >= 0.6 is 0 Å². The zero-order valence-electron chi connectivity index (χ0n) is 12.3. The lowest BCUT2D eigenvalue weighted by atomic mass is 10.1. The Hall–Kier alpha value is -2.78. The number of benzene rings is 2. The molecule has 0 spiro atoms. The van der Waals surface area contributed by atoms with Gasteiger partial charge in [-0.05, 0) is 25.1 Å². The van der Waals surface area contributed by atoms with Gasteiger partial charge in [0.1, 0.15) is 0 Å². The number of rotatable bonds is 2. The van der Waals surface area contributed by atoms with Gasteiger partial charge in [0.2, 0.25) is 0 Å². The van der Waals surface area contributed by atoms with Crippen molar-refractivity contribution in [1.82, 2.24) is 0 Å². The molecule has 2 aromatic carbocycles. The average molecular weight is 327 g/mol. The Kier molecular flexibility index (Phi) is 3.58. The summed E-state index contributed by atoms with van der Waals surface area (Å²) in [6.45, 7) is 1.85. The Morgan fingerprint density at radius 1 is 1.13 bits per heavy atom. The molecule has 0 N–H and O–H groups in total. The van der Waals surface area contributed by atoms with Crippen LogP contribution in [-0.2, 0) is 14.8 Å². The molecule has 1 heterocycles. The van der Waals surface area contributed by atoms with Crippen LogP contribution in [0.5, 0.6) is 0 Å². The summed E-state index contributed by atoms with van der Waals surface area (Å²) in [5.41, 5.74) is 1.59. The van der Waals surface area contributed by atoms with Crippen molar-refractivity contribution < 1.29 is 17.9 Å². The van der Waals surface area contributed by atoms with Crippen molar-refractivity contribution in [2.75, 3.05) is 4.31 Å². The van der Waals surface area contributed by atoms with Crippen LogP contribution in [0.15, 0.2) is 53.4 Å². The van der Waals surface area contributed by atoms with E-state index in [1.54, 1.807) is 30.3 Å². The first-order valence-electron chi connectivity index (χ1n) is 6.83. The molecular weight excluding hydrogens is 314 g/mol. The summed E-state index contributed by atoms with van der Waals surface area (Å²) < 4.78 is 31.4. The highest BCUT2D eigenvalue weighted by Gasteiger charge is 2.40. The molecule has 1 aliphatic rings. The average Bonchev–Trinajstić information content (AvgIpc) is 2.54. The molecule has 5 nitrogen and oxygen atoms in total. The second-order valence-electron chi connectivity index (χ2n) is 5.07. The van der Waals surface area contributed by atoms with Gasteiger partial charge in [0.05, 0.1) is 10.6 Å². The predicted molar refractivity (Wildman–Crippen MR) is 85.3 cm³/mol. The zero-order chi connectivity index (χ0) is 16.6. The first kappa shape index (κ1) is 15.1. The molecule has 116 valence electrons. The van der Waals surface area contributed by atoms with Crippen LogP contribution in [0.2, 0.25) is 0 Å². The summed E-state index contributed by atoms with van der Waals surface area (Å²) in [5.74, 6) is 2.35. The van der Waals surface area contributed by atoms with E-state index in [9.17, 15) is 13.2 Å². The summed E-state index contributed by atoms with van der Waals surface area (Å²) in [6, 6.07) is 12.8. The first-order valence-corrected chi connectivity index (χ1v) is 8.27. The van der Waals surface area contributed by atoms with Crippen LogP contribution in [0.4, 0.5) is 10.5 Å². The van der Waals surface area contributed by atoms with Crippen molar-refractivity contribution >= 4 is 21.8 Å². The van der Waals surface area contributed by atoms with Crippen LogP contribution in [-0.4, -0.2) is 14.5 Å². The maximum atomic E-state index is 12.8. The molecule has 3 rings (SSSR count). The van der Waals surface area contributed by atoms with E-state index >= 15 is 0 Å². The lowest BCUT2D eigenvalue weighted by Crippen LogP contribution is -2.41. The Balaban J connectivity index is 2.17. The number of carbonyl (C=O) groups is 1. The number of fused-ring (bicyclic) bond motifs is 1. The molecule has 0 saturated heterocycles. The summed E-state index contributed by atoms with van der Waals surface area (Å²) in [5, 5.41) is 0. The van der Waals surface area contributed by atoms with E-state index < -0.39 is 22.2 Å². The number of sulfonamides is 1. The van der Waals surface area contributed by atoms with Crippen molar-refractivity contribution in [3.05, 3.63) is 59.7 Å². The molecule has 23 heavy (non-hydrogen) atoms. The number of anilines is 1. The standard InChI is InChI=1S/C17H13NO4S/c1-3-16-14-6-4-5-7-15(14)18(17(19)22-16)23(20,21)13-10-8-12(2)9-11-13/h1,4-11,16H,2H3. The molecule has 2 aromatic rings. The Morgan fingerprint density at radius 3 is 2.43 bits per heavy atom. The van der Waals surface area contributed by atoms with Gasteiger partial charge in [-0.2, -0.15) is 4.31 Å². The minimum atomic E-state index is -4.08.